The number of hydrogen-bond donors (Lipinski definition) is 0. The van der Waals surface area contributed by atoms with Crippen molar-refractivity contribution in [1.82, 2.24) is 4.98 Å². The van der Waals surface area contributed by atoms with Crippen molar-refractivity contribution in [2.24, 2.45) is 5.92 Å². The molecule has 1 fully saturated rings. The third-order valence-electron chi connectivity index (χ3n) is 8.39. The zero-order valence-corrected chi connectivity index (χ0v) is 25.6. The summed E-state index contributed by atoms with van der Waals surface area (Å²) in [7, 11) is 0. The molecule has 3 nitrogen and oxygen atoms in total. The summed E-state index contributed by atoms with van der Waals surface area (Å²) in [6, 6.07) is 9.50. The first-order valence-corrected chi connectivity index (χ1v) is 16.7. The van der Waals surface area contributed by atoms with Crippen LogP contribution in [0.2, 0.25) is 0 Å². The van der Waals surface area contributed by atoms with Crippen LogP contribution >= 0.6 is 0 Å². The maximum atomic E-state index is 14.8. The molecule has 0 unspecified atom stereocenters. The first kappa shape index (κ1) is 32.7. The number of pyridine rings is 1. The minimum absolute atomic E-state index is 0.123. The SMILES string of the molecule is CCCCCCCCCCCCC1COC(c2ccc(-c3ccc(CCCCCCCCC)c(F)c3)nc2)OC1. The van der Waals surface area contributed by atoms with Crippen LogP contribution in [0, 0.1) is 11.7 Å². The Morgan fingerprint density at radius 1 is 0.700 bits per heavy atom. The average Bonchev–Trinajstić information content (AvgIpc) is 2.99. The minimum atomic E-state index is -0.355. The minimum Gasteiger partial charge on any atom is -0.348 e. The van der Waals surface area contributed by atoms with Crippen LogP contribution in [0.4, 0.5) is 4.39 Å². The first-order chi connectivity index (χ1) is 19.7. The van der Waals surface area contributed by atoms with Crippen LogP contribution in [0.25, 0.3) is 11.3 Å². The summed E-state index contributed by atoms with van der Waals surface area (Å²) in [5.41, 5.74) is 3.33. The fraction of sp³-hybridized carbons (Fsp3) is 0.694. The molecule has 4 heteroatoms. The summed E-state index contributed by atoms with van der Waals surface area (Å²) in [5, 5.41) is 0. The fourth-order valence-electron chi connectivity index (χ4n) is 5.72. The van der Waals surface area contributed by atoms with Crippen molar-refractivity contribution < 1.29 is 13.9 Å². The zero-order valence-electron chi connectivity index (χ0n) is 25.6. The fourth-order valence-corrected chi connectivity index (χ4v) is 5.72. The van der Waals surface area contributed by atoms with Crippen LogP contribution in [-0.4, -0.2) is 18.2 Å². The quantitative estimate of drug-likeness (QED) is 0.144. The first-order valence-electron chi connectivity index (χ1n) is 16.7. The highest BCUT2D eigenvalue weighted by Crippen LogP contribution is 2.29. The van der Waals surface area contributed by atoms with Crippen LogP contribution in [-0.2, 0) is 15.9 Å². The lowest BCUT2D eigenvalue weighted by molar-refractivity contribution is -0.206. The van der Waals surface area contributed by atoms with Gasteiger partial charge in [-0.05, 0) is 37.0 Å². The van der Waals surface area contributed by atoms with Gasteiger partial charge in [0.05, 0.1) is 18.9 Å². The average molecular weight is 554 g/mol. The molecule has 1 aliphatic heterocycles. The lowest BCUT2D eigenvalue weighted by Crippen LogP contribution is -2.27. The number of hydrogen-bond acceptors (Lipinski definition) is 3. The highest BCUT2D eigenvalue weighted by Gasteiger charge is 2.23. The number of aromatic nitrogens is 1. The molecule has 0 radical (unpaired) electrons. The number of halogens is 1. The number of aryl methyl sites for hydroxylation is 1. The van der Waals surface area contributed by atoms with E-state index in [0.717, 1.165) is 48.4 Å². The highest BCUT2D eigenvalue weighted by atomic mass is 19.1. The zero-order chi connectivity index (χ0) is 28.3. The van der Waals surface area contributed by atoms with Crippen molar-refractivity contribution in [1.29, 1.82) is 0 Å². The summed E-state index contributed by atoms with van der Waals surface area (Å²) in [6.07, 6.45) is 25.8. The molecule has 0 bridgehead atoms. The molecule has 1 saturated heterocycles. The van der Waals surface area contributed by atoms with Gasteiger partial charge in [0.1, 0.15) is 5.82 Å². The molecule has 1 aromatic carbocycles. The van der Waals surface area contributed by atoms with Crippen molar-refractivity contribution >= 4 is 0 Å². The van der Waals surface area contributed by atoms with E-state index < -0.39 is 0 Å². The van der Waals surface area contributed by atoms with Crippen molar-refractivity contribution in [2.45, 2.75) is 142 Å². The standard InChI is InChI=1S/C36H56FNO2/c1-3-5-7-9-11-12-13-15-16-18-20-30-28-39-36(40-29-30)33-24-25-35(38-27-33)32-23-22-31(34(37)26-32)21-19-17-14-10-8-6-4-2/h22-27,30,36H,3-21,28-29H2,1-2H3. The van der Waals surface area contributed by atoms with Crippen LogP contribution < -0.4 is 0 Å². The van der Waals surface area contributed by atoms with Crippen LogP contribution in [0.5, 0.6) is 0 Å². The summed E-state index contributed by atoms with van der Waals surface area (Å²) in [4.78, 5) is 4.60. The molecule has 224 valence electrons. The van der Waals surface area contributed by atoms with Crippen molar-refractivity contribution in [3.05, 3.63) is 53.5 Å². The van der Waals surface area contributed by atoms with E-state index in [0.29, 0.717) is 5.92 Å². The Balaban J connectivity index is 1.31. The Bertz CT molecular complexity index is 908. The molecular formula is C36H56FNO2. The number of benzene rings is 1. The smallest absolute Gasteiger partial charge is 0.185 e. The van der Waals surface area contributed by atoms with Crippen molar-refractivity contribution in [3.63, 3.8) is 0 Å². The number of unbranched alkanes of at least 4 members (excludes halogenated alkanes) is 15. The molecule has 1 aliphatic rings. The number of ether oxygens (including phenoxy) is 2. The second-order valence-corrected chi connectivity index (χ2v) is 12.0. The molecule has 3 rings (SSSR count). The molecule has 0 N–H and O–H groups in total. The van der Waals surface area contributed by atoms with E-state index in [1.54, 1.807) is 6.07 Å². The molecule has 0 spiro atoms. The van der Waals surface area contributed by atoms with Gasteiger partial charge in [-0.25, -0.2) is 4.39 Å². The van der Waals surface area contributed by atoms with Gasteiger partial charge in [-0.15, -0.1) is 0 Å². The number of nitrogens with zero attached hydrogens (tertiary/aromatic N) is 1. The molecule has 0 saturated carbocycles. The highest BCUT2D eigenvalue weighted by molar-refractivity contribution is 5.59. The van der Waals surface area contributed by atoms with E-state index in [2.05, 4.69) is 18.8 Å². The van der Waals surface area contributed by atoms with Crippen molar-refractivity contribution in [3.8, 4) is 11.3 Å². The maximum Gasteiger partial charge on any atom is 0.185 e. The molecule has 0 atom stereocenters. The second kappa shape index (κ2) is 20.2. The lowest BCUT2D eigenvalue weighted by Gasteiger charge is -2.29. The summed E-state index contributed by atoms with van der Waals surface area (Å²) >= 11 is 0. The van der Waals surface area contributed by atoms with E-state index in [-0.39, 0.29) is 12.1 Å². The van der Waals surface area contributed by atoms with Gasteiger partial charge in [0, 0.05) is 23.2 Å². The number of rotatable bonds is 21. The van der Waals surface area contributed by atoms with E-state index >= 15 is 0 Å². The van der Waals surface area contributed by atoms with Crippen molar-refractivity contribution in [2.75, 3.05) is 13.2 Å². The summed E-state index contributed by atoms with van der Waals surface area (Å²) in [6.45, 7) is 6.01. The summed E-state index contributed by atoms with van der Waals surface area (Å²) < 4.78 is 26.9. The monoisotopic (exact) mass is 553 g/mol. The predicted octanol–water partition coefficient (Wildman–Crippen LogP) is 11.2. The molecule has 0 aliphatic carbocycles. The van der Waals surface area contributed by atoms with Gasteiger partial charge in [0.15, 0.2) is 6.29 Å². The lowest BCUT2D eigenvalue weighted by atomic mass is 10.00. The molecule has 1 aromatic heterocycles. The van der Waals surface area contributed by atoms with Gasteiger partial charge in [0.25, 0.3) is 0 Å². The van der Waals surface area contributed by atoms with Gasteiger partial charge in [-0.2, -0.15) is 0 Å². The van der Waals surface area contributed by atoms with Gasteiger partial charge in [-0.3, -0.25) is 4.98 Å². The Labute approximate surface area is 244 Å². The predicted molar refractivity (Wildman–Crippen MR) is 166 cm³/mol. The van der Waals surface area contributed by atoms with Gasteiger partial charge >= 0.3 is 0 Å². The van der Waals surface area contributed by atoms with Crippen LogP contribution in [0.15, 0.2) is 36.5 Å². The Morgan fingerprint density at radius 2 is 1.27 bits per heavy atom. The van der Waals surface area contributed by atoms with E-state index in [1.807, 2.05) is 30.5 Å². The van der Waals surface area contributed by atoms with Gasteiger partial charge < -0.3 is 9.47 Å². The van der Waals surface area contributed by atoms with Crippen LogP contribution in [0.3, 0.4) is 0 Å². The Hall–Kier alpha value is -1.78. The largest absolute Gasteiger partial charge is 0.348 e. The second-order valence-electron chi connectivity index (χ2n) is 12.0. The van der Waals surface area contributed by atoms with Gasteiger partial charge in [-0.1, -0.05) is 135 Å². The molecular weight excluding hydrogens is 497 g/mol. The van der Waals surface area contributed by atoms with Gasteiger partial charge in [0.2, 0.25) is 0 Å². The third kappa shape index (κ3) is 12.4. The Kier molecular flexibility index (Phi) is 16.5. The topological polar surface area (TPSA) is 31.4 Å². The van der Waals surface area contributed by atoms with E-state index in [4.69, 9.17) is 9.47 Å². The molecule has 0 amide bonds. The third-order valence-corrected chi connectivity index (χ3v) is 8.39. The summed E-state index contributed by atoms with van der Waals surface area (Å²) in [5.74, 6) is 0.363. The molecule has 2 heterocycles. The maximum absolute atomic E-state index is 14.8. The Morgan fingerprint density at radius 3 is 1.82 bits per heavy atom. The van der Waals surface area contributed by atoms with E-state index in [1.165, 1.54) is 109 Å². The molecule has 2 aromatic rings. The van der Waals surface area contributed by atoms with E-state index in [9.17, 15) is 4.39 Å². The molecule has 40 heavy (non-hydrogen) atoms. The van der Waals surface area contributed by atoms with Crippen LogP contribution in [0.1, 0.15) is 147 Å². The normalized spacial score (nSPS) is 17.4.